The third-order valence-electron chi connectivity index (χ3n) is 4.55. The zero-order valence-corrected chi connectivity index (χ0v) is 17.8. The molecule has 2 heterocycles. The van der Waals surface area contributed by atoms with Crippen molar-refractivity contribution >= 4 is 51.5 Å². The fraction of sp³-hybridized carbons (Fsp3) is 0.421. The van der Waals surface area contributed by atoms with Crippen molar-refractivity contribution in [2.45, 2.75) is 38.8 Å². The second-order valence-electron chi connectivity index (χ2n) is 6.77. The van der Waals surface area contributed by atoms with E-state index >= 15 is 0 Å². The van der Waals surface area contributed by atoms with Gasteiger partial charge in [-0.2, -0.15) is 0 Å². The highest BCUT2D eigenvalue weighted by Gasteiger charge is 2.20. The third kappa shape index (κ3) is 5.44. The molecule has 2 N–H and O–H groups in total. The summed E-state index contributed by atoms with van der Waals surface area (Å²) in [5.41, 5.74) is 1.18. The van der Waals surface area contributed by atoms with Gasteiger partial charge in [-0.15, -0.1) is 11.3 Å². The number of amides is 2. The van der Waals surface area contributed by atoms with Crippen molar-refractivity contribution < 1.29 is 9.59 Å². The predicted octanol–water partition coefficient (Wildman–Crippen LogP) is 4.19. The van der Waals surface area contributed by atoms with Crippen molar-refractivity contribution in [3.63, 3.8) is 0 Å². The number of anilines is 1. The van der Waals surface area contributed by atoms with Crippen LogP contribution in [0.1, 0.15) is 42.2 Å². The molecule has 1 saturated heterocycles. The van der Waals surface area contributed by atoms with E-state index < -0.39 is 11.9 Å². The molecule has 0 saturated carbocycles. The smallest absolute Gasteiger partial charge is 0.253 e. The van der Waals surface area contributed by atoms with Gasteiger partial charge in [-0.25, -0.2) is 4.98 Å². The Labute approximate surface area is 178 Å². The molecule has 2 aromatic rings. The first-order valence-electron chi connectivity index (χ1n) is 9.16. The van der Waals surface area contributed by atoms with Gasteiger partial charge in [0, 0.05) is 11.9 Å². The predicted molar refractivity (Wildman–Crippen MR) is 113 cm³/mol. The summed E-state index contributed by atoms with van der Waals surface area (Å²) in [6.45, 7) is 4.59. The van der Waals surface area contributed by atoms with E-state index in [-0.39, 0.29) is 21.5 Å². The average Bonchev–Trinajstić information content (AvgIpc) is 3.11. The third-order valence-corrected chi connectivity index (χ3v) is 6.18. The lowest BCUT2D eigenvalue weighted by Crippen LogP contribution is -2.41. The largest absolute Gasteiger partial charge is 0.340 e. The lowest BCUT2D eigenvalue weighted by molar-refractivity contribution is -0.117. The first kappa shape index (κ1) is 21.0. The maximum atomic E-state index is 12.4. The standard InChI is InChI=1S/C19H22Cl2N4O2S/c1-12(22-18(27)14-6-5-7-15(20)16(14)21)17(26)24-19-23-13(11-28-19)10-25-8-3-2-4-9-25/h5-7,11-12H,2-4,8-10H2,1H3,(H,22,27)(H,23,24,26). The Kier molecular flexibility index (Phi) is 7.29. The Morgan fingerprint density at radius 2 is 2.00 bits per heavy atom. The number of carbonyl (C=O) groups excluding carboxylic acids is 2. The Bertz CT molecular complexity index is 852. The number of thiazole rings is 1. The molecule has 0 aliphatic carbocycles. The monoisotopic (exact) mass is 440 g/mol. The summed E-state index contributed by atoms with van der Waals surface area (Å²) in [5.74, 6) is -0.801. The van der Waals surface area contributed by atoms with E-state index in [2.05, 4.69) is 20.5 Å². The number of likely N-dealkylation sites (tertiary alicyclic amines) is 1. The fourth-order valence-electron chi connectivity index (χ4n) is 3.02. The van der Waals surface area contributed by atoms with E-state index in [0.717, 1.165) is 25.3 Å². The van der Waals surface area contributed by atoms with Crippen molar-refractivity contribution in [2.75, 3.05) is 18.4 Å². The minimum Gasteiger partial charge on any atom is -0.340 e. The highest BCUT2D eigenvalue weighted by Crippen LogP contribution is 2.25. The van der Waals surface area contributed by atoms with Gasteiger partial charge in [0.05, 0.1) is 21.3 Å². The highest BCUT2D eigenvalue weighted by molar-refractivity contribution is 7.13. The SMILES string of the molecule is CC(NC(=O)c1cccc(Cl)c1Cl)C(=O)Nc1nc(CN2CCCCC2)cs1. The van der Waals surface area contributed by atoms with Crippen LogP contribution in [0.4, 0.5) is 5.13 Å². The van der Waals surface area contributed by atoms with Crippen LogP contribution in [-0.4, -0.2) is 40.8 Å². The van der Waals surface area contributed by atoms with E-state index in [9.17, 15) is 9.59 Å². The fourth-order valence-corrected chi connectivity index (χ4v) is 4.11. The number of piperidine rings is 1. The minimum absolute atomic E-state index is 0.163. The zero-order valence-electron chi connectivity index (χ0n) is 15.5. The van der Waals surface area contributed by atoms with Gasteiger partial charge < -0.3 is 10.6 Å². The molecule has 6 nitrogen and oxygen atoms in total. The first-order chi connectivity index (χ1) is 13.4. The first-order valence-corrected chi connectivity index (χ1v) is 10.8. The molecule has 1 aromatic carbocycles. The molecule has 2 amide bonds. The lowest BCUT2D eigenvalue weighted by Gasteiger charge is -2.25. The molecular weight excluding hydrogens is 419 g/mol. The van der Waals surface area contributed by atoms with Crippen molar-refractivity contribution in [3.05, 3.63) is 44.9 Å². The molecule has 150 valence electrons. The molecule has 3 rings (SSSR count). The van der Waals surface area contributed by atoms with Crippen LogP contribution in [0.5, 0.6) is 0 Å². The summed E-state index contributed by atoms with van der Waals surface area (Å²) >= 11 is 13.4. The average molecular weight is 441 g/mol. The van der Waals surface area contributed by atoms with Crippen molar-refractivity contribution in [1.29, 1.82) is 0 Å². The highest BCUT2D eigenvalue weighted by atomic mass is 35.5. The molecule has 1 aliphatic rings. The number of halogens is 2. The Balaban J connectivity index is 1.54. The summed E-state index contributed by atoms with van der Waals surface area (Å²) in [4.78, 5) is 31.6. The van der Waals surface area contributed by atoms with E-state index in [1.807, 2.05) is 5.38 Å². The van der Waals surface area contributed by atoms with Gasteiger partial charge in [-0.3, -0.25) is 14.5 Å². The Morgan fingerprint density at radius 1 is 1.25 bits per heavy atom. The van der Waals surface area contributed by atoms with E-state index in [0.29, 0.717) is 5.13 Å². The van der Waals surface area contributed by atoms with E-state index in [1.54, 1.807) is 25.1 Å². The summed E-state index contributed by atoms with van der Waals surface area (Å²) in [7, 11) is 0. The lowest BCUT2D eigenvalue weighted by atomic mass is 10.1. The summed E-state index contributed by atoms with van der Waals surface area (Å²) in [6.07, 6.45) is 3.74. The van der Waals surface area contributed by atoms with Crippen LogP contribution >= 0.6 is 34.5 Å². The number of carbonyl (C=O) groups is 2. The molecule has 9 heteroatoms. The van der Waals surface area contributed by atoms with Crippen LogP contribution in [0.3, 0.4) is 0 Å². The van der Waals surface area contributed by atoms with Crippen LogP contribution in [0.2, 0.25) is 10.0 Å². The maximum absolute atomic E-state index is 12.4. The van der Waals surface area contributed by atoms with Crippen LogP contribution in [0.15, 0.2) is 23.6 Å². The molecule has 0 radical (unpaired) electrons. The molecule has 1 atom stereocenters. The van der Waals surface area contributed by atoms with Gasteiger partial charge in [0.25, 0.3) is 5.91 Å². The van der Waals surface area contributed by atoms with Gasteiger partial charge in [0.1, 0.15) is 6.04 Å². The molecular formula is C19H22Cl2N4O2S. The van der Waals surface area contributed by atoms with E-state index in [1.165, 1.54) is 30.6 Å². The number of hydrogen-bond donors (Lipinski definition) is 2. The number of rotatable bonds is 6. The summed E-state index contributed by atoms with van der Waals surface area (Å²) < 4.78 is 0. The van der Waals surface area contributed by atoms with Crippen LogP contribution in [0.25, 0.3) is 0 Å². The van der Waals surface area contributed by atoms with Crippen molar-refractivity contribution in [2.24, 2.45) is 0 Å². The quantitative estimate of drug-likeness (QED) is 0.705. The number of hydrogen-bond acceptors (Lipinski definition) is 5. The maximum Gasteiger partial charge on any atom is 0.253 e. The summed E-state index contributed by atoms with van der Waals surface area (Å²) in [5, 5.41) is 8.32. The van der Waals surface area contributed by atoms with Crippen LogP contribution in [0, 0.1) is 0 Å². The second-order valence-corrected chi connectivity index (χ2v) is 8.41. The Morgan fingerprint density at radius 3 is 2.75 bits per heavy atom. The second kappa shape index (κ2) is 9.69. The number of benzene rings is 1. The van der Waals surface area contributed by atoms with Crippen LogP contribution < -0.4 is 10.6 Å². The number of nitrogens with one attached hydrogen (secondary N) is 2. The minimum atomic E-state index is -0.753. The van der Waals surface area contributed by atoms with Gasteiger partial charge in [-0.05, 0) is 45.0 Å². The number of nitrogens with zero attached hydrogens (tertiary/aromatic N) is 2. The zero-order chi connectivity index (χ0) is 20.1. The van der Waals surface area contributed by atoms with E-state index in [4.69, 9.17) is 23.2 Å². The molecule has 1 aliphatic heterocycles. The van der Waals surface area contributed by atoms with Gasteiger partial charge in [0.15, 0.2) is 5.13 Å². The molecule has 0 bridgehead atoms. The van der Waals surface area contributed by atoms with Gasteiger partial charge in [0.2, 0.25) is 5.91 Å². The van der Waals surface area contributed by atoms with Gasteiger partial charge in [-0.1, -0.05) is 35.7 Å². The normalized spacial score (nSPS) is 15.8. The molecule has 0 spiro atoms. The molecule has 1 fully saturated rings. The van der Waals surface area contributed by atoms with Crippen molar-refractivity contribution in [3.8, 4) is 0 Å². The van der Waals surface area contributed by atoms with Crippen LogP contribution in [-0.2, 0) is 11.3 Å². The summed E-state index contributed by atoms with van der Waals surface area (Å²) in [6, 6.07) is 4.03. The van der Waals surface area contributed by atoms with Crippen molar-refractivity contribution in [1.82, 2.24) is 15.2 Å². The topological polar surface area (TPSA) is 74.3 Å². The number of aromatic nitrogens is 1. The van der Waals surface area contributed by atoms with Gasteiger partial charge >= 0.3 is 0 Å². The molecule has 1 aromatic heterocycles. The Hall–Kier alpha value is -1.67. The molecule has 28 heavy (non-hydrogen) atoms. The molecule has 1 unspecified atom stereocenters.